The molecule has 2 aromatic carbocycles. The minimum absolute atomic E-state index is 0.0482. The molecule has 0 atom stereocenters. The number of hydrogen-bond donors (Lipinski definition) is 1. The first kappa shape index (κ1) is 29.9. The average molecular weight is 612 g/mol. The summed E-state index contributed by atoms with van der Waals surface area (Å²) >= 11 is 6.37. The Balaban J connectivity index is 1.13. The van der Waals surface area contributed by atoms with E-state index < -0.39 is 0 Å². The van der Waals surface area contributed by atoms with Crippen molar-refractivity contribution in [3.8, 4) is 0 Å². The summed E-state index contributed by atoms with van der Waals surface area (Å²) in [7, 11) is 4.19. The molecule has 1 N–H and O–H groups in total. The predicted molar refractivity (Wildman–Crippen MR) is 175 cm³/mol. The number of halogens is 2. The van der Waals surface area contributed by atoms with E-state index >= 15 is 0 Å². The number of benzene rings is 2. The van der Waals surface area contributed by atoms with Crippen LogP contribution in [-0.4, -0.2) is 89.1 Å². The molecule has 10 heteroatoms. The topological polar surface area (TPSA) is 77.0 Å². The highest BCUT2D eigenvalue weighted by Crippen LogP contribution is 2.41. The number of nitrogens with one attached hydrogen (secondary N) is 1. The van der Waals surface area contributed by atoms with Gasteiger partial charge < -0.3 is 15.1 Å². The second-order valence-corrected chi connectivity index (χ2v) is 11.8. The van der Waals surface area contributed by atoms with Crippen molar-refractivity contribution in [2.24, 2.45) is 4.99 Å². The number of aromatic nitrogens is 2. The molecule has 0 radical (unpaired) electrons. The maximum absolute atomic E-state index is 14.8. The first-order chi connectivity index (χ1) is 21.4. The second kappa shape index (κ2) is 13.2. The van der Waals surface area contributed by atoms with Gasteiger partial charge >= 0.3 is 0 Å². The molecule has 6 rings (SSSR count). The van der Waals surface area contributed by atoms with E-state index in [1.54, 1.807) is 36.7 Å². The van der Waals surface area contributed by atoms with Crippen LogP contribution in [0.25, 0.3) is 11.1 Å². The lowest BCUT2D eigenvalue weighted by atomic mass is 9.85. The van der Waals surface area contributed by atoms with Crippen LogP contribution in [0.2, 0.25) is 0 Å². The van der Waals surface area contributed by atoms with Gasteiger partial charge in [-0.15, -0.1) is 0 Å². The maximum Gasteiger partial charge on any atom is 0.253 e. The van der Waals surface area contributed by atoms with Gasteiger partial charge in [0.05, 0.1) is 5.69 Å². The Kier molecular flexibility index (Phi) is 8.97. The molecule has 2 aliphatic heterocycles. The Labute approximate surface area is 262 Å². The van der Waals surface area contributed by atoms with Crippen molar-refractivity contribution in [1.29, 1.82) is 0 Å². The van der Waals surface area contributed by atoms with Crippen molar-refractivity contribution in [2.75, 3.05) is 58.7 Å². The lowest BCUT2D eigenvalue weighted by Gasteiger charge is -2.35. The molecule has 1 fully saturated rings. The summed E-state index contributed by atoms with van der Waals surface area (Å²) in [6, 6.07) is 14.0. The van der Waals surface area contributed by atoms with Crippen molar-refractivity contribution in [3.05, 3.63) is 107 Å². The van der Waals surface area contributed by atoms with Crippen LogP contribution in [-0.2, 0) is 6.42 Å². The molecule has 0 saturated carbocycles. The first-order valence-electron chi connectivity index (χ1n) is 14.9. The number of carbonyl (C=O) groups is 1. The van der Waals surface area contributed by atoms with Crippen LogP contribution < -0.4 is 5.32 Å². The Bertz CT molecular complexity index is 1670. The van der Waals surface area contributed by atoms with E-state index in [-0.39, 0.29) is 16.9 Å². The standard InChI is InChI=1S/C34H35ClFN7O/c1-41(2)14-5-15-42-16-18-43(19-17-42)33(44)23-8-11-25(12-9-23)39-34-38-21-24-10-13-26-28(27-6-3-4-7-30(27)36)20-31(35)37-22-29(26)32(24)40-34/h3-4,6-9,11-13,20-22H,5,10,14-19H2,1-2H3,(H,38,39,40). The average Bonchev–Trinajstić information content (AvgIpc) is 3.20. The van der Waals surface area contributed by atoms with Crippen LogP contribution in [0.4, 0.5) is 16.0 Å². The van der Waals surface area contributed by atoms with E-state index in [2.05, 4.69) is 39.2 Å². The highest BCUT2D eigenvalue weighted by Gasteiger charge is 2.26. The Morgan fingerprint density at radius 2 is 1.80 bits per heavy atom. The fraction of sp³-hybridized carbons (Fsp3) is 0.294. The van der Waals surface area contributed by atoms with Gasteiger partial charge in [0.2, 0.25) is 5.95 Å². The third-order valence-corrected chi connectivity index (χ3v) is 8.30. The molecule has 1 saturated heterocycles. The quantitative estimate of drug-likeness (QED) is 0.356. The molecule has 0 bridgehead atoms. The molecular weight excluding hydrogens is 577 g/mol. The third-order valence-electron chi connectivity index (χ3n) is 8.10. The Morgan fingerprint density at radius 3 is 2.55 bits per heavy atom. The van der Waals surface area contributed by atoms with Crippen molar-refractivity contribution >= 4 is 45.5 Å². The number of hydrogen-bond acceptors (Lipinski definition) is 7. The number of amides is 1. The molecule has 3 heterocycles. The molecule has 8 nitrogen and oxygen atoms in total. The second-order valence-electron chi connectivity index (χ2n) is 11.4. The number of allylic oxidation sites excluding steroid dienone is 5. The van der Waals surface area contributed by atoms with Crippen molar-refractivity contribution in [2.45, 2.75) is 12.8 Å². The number of rotatable bonds is 8. The van der Waals surface area contributed by atoms with Crippen molar-refractivity contribution < 1.29 is 9.18 Å². The highest BCUT2D eigenvalue weighted by atomic mass is 35.5. The van der Waals surface area contributed by atoms with Gasteiger partial charge in [-0.1, -0.05) is 35.9 Å². The fourth-order valence-electron chi connectivity index (χ4n) is 5.74. The number of fused-ring (bicyclic) bond motifs is 3. The van der Waals surface area contributed by atoms with Crippen LogP contribution in [0, 0.1) is 5.82 Å². The van der Waals surface area contributed by atoms with Gasteiger partial charge in [0, 0.05) is 66.5 Å². The Hall–Kier alpha value is -4.18. The molecule has 3 aliphatic rings. The van der Waals surface area contributed by atoms with E-state index in [9.17, 15) is 9.18 Å². The first-order valence-corrected chi connectivity index (χ1v) is 15.2. The summed E-state index contributed by atoms with van der Waals surface area (Å²) in [6.07, 6.45) is 8.92. The van der Waals surface area contributed by atoms with Gasteiger partial charge in [0.1, 0.15) is 11.0 Å². The molecule has 44 heavy (non-hydrogen) atoms. The van der Waals surface area contributed by atoms with E-state index in [0.717, 1.165) is 68.1 Å². The third kappa shape index (κ3) is 6.65. The number of aliphatic imine (C=N–C) groups is 1. The molecule has 0 spiro atoms. The SMILES string of the molecule is CN(C)CCCN1CCN(C(=O)c2ccc(Nc3ncc4c(n3)C3=CN=C(Cl)C=C(c5ccccc5F)C3=CC4)cc2)CC1. The maximum atomic E-state index is 14.8. The zero-order valence-electron chi connectivity index (χ0n) is 24.9. The lowest BCUT2D eigenvalue weighted by Crippen LogP contribution is -2.49. The van der Waals surface area contributed by atoms with Gasteiger partial charge in [0.25, 0.3) is 5.91 Å². The zero-order chi connectivity index (χ0) is 30.6. The summed E-state index contributed by atoms with van der Waals surface area (Å²) in [5.41, 5.74) is 5.75. The van der Waals surface area contributed by atoms with Crippen LogP contribution >= 0.6 is 11.6 Å². The molecule has 1 aromatic heterocycles. The number of carbonyl (C=O) groups excluding carboxylic acids is 1. The van der Waals surface area contributed by atoms with Crippen molar-refractivity contribution in [3.63, 3.8) is 0 Å². The van der Waals surface area contributed by atoms with Gasteiger partial charge in [-0.05, 0) is 87.6 Å². The summed E-state index contributed by atoms with van der Waals surface area (Å²) < 4.78 is 14.8. The van der Waals surface area contributed by atoms with Crippen LogP contribution in [0.15, 0.2) is 83.6 Å². The van der Waals surface area contributed by atoms with Gasteiger partial charge in [0.15, 0.2) is 0 Å². The Morgan fingerprint density at radius 1 is 1.02 bits per heavy atom. The van der Waals surface area contributed by atoms with Gasteiger partial charge in [-0.3, -0.25) is 9.69 Å². The monoisotopic (exact) mass is 611 g/mol. The number of piperazine rings is 1. The van der Waals surface area contributed by atoms with Gasteiger partial charge in [-0.25, -0.2) is 19.4 Å². The fourth-order valence-corrected chi connectivity index (χ4v) is 5.90. The lowest BCUT2D eigenvalue weighted by molar-refractivity contribution is 0.0634. The van der Waals surface area contributed by atoms with Crippen molar-refractivity contribution in [1.82, 2.24) is 24.7 Å². The van der Waals surface area contributed by atoms with Crippen LogP contribution in [0.1, 0.15) is 33.6 Å². The van der Waals surface area contributed by atoms with E-state index in [0.29, 0.717) is 34.8 Å². The number of nitrogens with zero attached hydrogens (tertiary/aromatic N) is 6. The van der Waals surface area contributed by atoms with Crippen LogP contribution in [0.3, 0.4) is 0 Å². The van der Waals surface area contributed by atoms with Crippen LogP contribution in [0.5, 0.6) is 0 Å². The molecular formula is C34H35ClFN7O. The minimum atomic E-state index is -0.332. The highest BCUT2D eigenvalue weighted by molar-refractivity contribution is 6.69. The normalized spacial score (nSPS) is 16.7. The molecule has 1 aliphatic carbocycles. The molecule has 226 valence electrons. The molecule has 0 unspecified atom stereocenters. The largest absolute Gasteiger partial charge is 0.336 e. The van der Waals surface area contributed by atoms with E-state index in [1.165, 1.54) is 6.07 Å². The molecule has 3 aromatic rings. The smallest absolute Gasteiger partial charge is 0.253 e. The summed E-state index contributed by atoms with van der Waals surface area (Å²) in [5.74, 6) is 0.124. The van der Waals surface area contributed by atoms with E-state index in [4.69, 9.17) is 16.6 Å². The molecule has 1 amide bonds. The number of anilines is 2. The summed E-state index contributed by atoms with van der Waals surface area (Å²) in [4.78, 5) is 33.5. The zero-order valence-corrected chi connectivity index (χ0v) is 25.7. The van der Waals surface area contributed by atoms with Gasteiger partial charge in [-0.2, -0.15) is 0 Å². The summed E-state index contributed by atoms with van der Waals surface area (Å²) in [5, 5.41) is 3.53. The van der Waals surface area contributed by atoms with E-state index in [1.807, 2.05) is 35.2 Å². The predicted octanol–water partition coefficient (Wildman–Crippen LogP) is 5.63. The summed E-state index contributed by atoms with van der Waals surface area (Å²) in [6.45, 7) is 5.40. The minimum Gasteiger partial charge on any atom is -0.336 e.